The Morgan fingerprint density at radius 2 is 1.79 bits per heavy atom. The van der Waals surface area contributed by atoms with E-state index in [-0.39, 0.29) is 17.6 Å². The summed E-state index contributed by atoms with van der Waals surface area (Å²) in [6.45, 7) is 0.651. The molecule has 0 bridgehead atoms. The molecule has 1 aromatic heterocycles. The molecule has 0 spiro atoms. The standard InChI is InChI=1S/C23H22N2O3/c26-22(21-13-7-15-28-21)24-19(16-17-8-2-1-3-9-17)23(27)25-14-6-11-18-10-4-5-12-20(18)25/h1-5,7-10,12-13,15,19H,6,11,14,16H2,(H,24,26). The van der Waals surface area contributed by atoms with Gasteiger partial charge in [0.15, 0.2) is 5.76 Å². The summed E-state index contributed by atoms with van der Waals surface area (Å²) >= 11 is 0. The van der Waals surface area contributed by atoms with Crippen LogP contribution >= 0.6 is 0 Å². The van der Waals surface area contributed by atoms with Gasteiger partial charge in [0.05, 0.1) is 6.26 Å². The summed E-state index contributed by atoms with van der Waals surface area (Å²) in [6, 6.07) is 20.3. The number of fused-ring (bicyclic) bond motifs is 1. The smallest absolute Gasteiger partial charge is 0.287 e. The molecule has 4 rings (SSSR count). The Morgan fingerprint density at radius 3 is 2.57 bits per heavy atom. The van der Waals surface area contributed by atoms with E-state index >= 15 is 0 Å². The second-order valence-corrected chi connectivity index (χ2v) is 6.92. The highest BCUT2D eigenvalue weighted by molar-refractivity contribution is 6.02. The molecule has 0 saturated heterocycles. The van der Waals surface area contributed by atoms with Crippen molar-refractivity contribution in [3.05, 3.63) is 89.9 Å². The number of benzene rings is 2. The Kier molecular flexibility index (Phi) is 5.24. The summed E-state index contributed by atoms with van der Waals surface area (Å²) in [6.07, 6.45) is 3.74. The number of para-hydroxylation sites is 1. The van der Waals surface area contributed by atoms with Crippen LogP contribution in [0.15, 0.2) is 77.4 Å². The topological polar surface area (TPSA) is 62.6 Å². The first-order chi connectivity index (χ1) is 13.7. The molecule has 2 amide bonds. The molecule has 0 aliphatic carbocycles. The number of nitrogens with zero attached hydrogens (tertiary/aromatic N) is 1. The van der Waals surface area contributed by atoms with Crippen LogP contribution in [0.25, 0.3) is 0 Å². The molecular formula is C23H22N2O3. The summed E-state index contributed by atoms with van der Waals surface area (Å²) < 4.78 is 5.19. The van der Waals surface area contributed by atoms with Crippen molar-refractivity contribution >= 4 is 17.5 Å². The van der Waals surface area contributed by atoms with Gasteiger partial charge in [-0.1, -0.05) is 48.5 Å². The average molecular weight is 374 g/mol. The van der Waals surface area contributed by atoms with E-state index in [1.165, 1.54) is 6.26 Å². The first-order valence-corrected chi connectivity index (χ1v) is 9.50. The molecule has 142 valence electrons. The summed E-state index contributed by atoms with van der Waals surface area (Å²) in [7, 11) is 0. The number of carbonyl (C=O) groups excluding carboxylic acids is 2. The van der Waals surface area contributed by atoms with E-state index < -0.39 is 6.04 Å². The quantitative estimate of drug-likeness (QED) is 0.742. The van der Waals surface area contributed by atoms with Crippen molar-refractivity contribution in [2.45, 2.75) is 25.3 Å². The van der Waals surface area contributed by atoms with Gasteiger partial charge in [0.2, 0.25) is 5.91 Å². The first kappa shape index (κ1) is 18.0. The molecule has 1 atom stereocenters. The molecule has 5 heteroatoms. The van der Waals surface area contributed by atoms with Crippen molar-refractivity contribution in [1.29, 1.82) is 0 Å². The Labute approximate surface area is 164 Å². The molecule has 0 saturated carbocycles. The molecule has 2 heterocycles. The largest absolute Gasteiger partial charge is 0.459 e. The normalized spacial score (nSPS) is 14.2. The third kappa shape index (κ3) is 3.83. The van der Waals surface area contributed by atoms with Gasteiger partial charge in [-0.3, -0.25) is 9.59 Å². The van der Waals surface area contributed by atoms with Crippen LogP contribution in [-0.4, -0.2) is 24.4 Å². The van der Waals surface area contributed by atoms with Crippen LogP contribution in [0.5, 0.6) is 0 Å². The Hall–Kier alpha value is -3.34. The molecular weight excluding hydrogens is 352 g/mol. The SMILES string of the molecule is O=C(NC(Cc1ccccc1)C(=O)N1CCCc2ccccc21)c1ccco1. The number of furan rings is 1. The maximum Gasteiger partial charge on any atom is 0.287 e. The van der Waals surface area contributed by atoms with Crippen LogP contribution in [-0.2, 0) is 17.6 Å². The van der Waals surface area contributed by atoms with E-state index in [2.05, 4.69) is 11.4 Å². The maximum absolute atomic E-state index is 13.5. The fraction of sp³-hybridized carbons (Fsp3) is 0.217. The molecule has 2 aromatic carbocycles. The van der Waals surface area contributed by atoms with Gasteiger partial charge in [0, 0.05) is 18.7 Å². The number of anilines is 1. The summed E-state index contributed by atoms with van der Waals surface area (Å²) in [5, 5.41) is 2.87. The average Bonchev–Trinajstić information content (AvgIpc) is 3.28. The molecule has 1 N–H and O–H groups in total. The third-order valence-electron chi connectivity index (χ3n) is 5.01. The van der Waals surface area contributed by atoms with Crippen molar-refractivity contribution in [2.75, 3.05) is 11.4 Å². The molecule has 1 unspecified atom stereocenters. The van der Waals surface area contributed by atoms with Gasteiger partial charge in [-0.25, -0.2) is 0 Å². The van der Waals surface area contributed by atoms with Crippen molar-refractivity contribution in [3.63, 3.8) is 0 Å². The Balaban J connectivity index is 1.61. The minimum Gasteiger partial charge on any atom is -0.459 e. The Morgan fingerprint density at radius 1 is 1.00 bits per heavy atom. The van der Waals surface area contributed by atoms with Gasteiger partial charge < -0.3 is 14.6 Å². The predicted octanol–water partition coefficient (Wildman–Crippen LogP) is 3.60. The molecule has 0 fully saturated rings. The highest BCUT2D eigenvalue weighted by Crippen LogP contribution is 2.27. The fourth-order valence-electron chi connectivity index (χ4n) is 3.64. The van der Waals surface area contributed by atoms with Crippen LogP contribution < -0.4 is 10.2 Å². The summed E-state index contributed by atoms with van der Waals surface area (Å²) in [5.74, 6) is -0.287. The number of hydrogen-bond donors (Lipinski definition) is 1. The third-order valence-corrected chi connectivity index (χ3v) is 5.01. The van der Waals surface area contributed by atoms with Gasteiger partial charge in [-0.2, -0.15) is 0 Å². The van der Waals surface area contributed by atoms with Crippen LogP contribution in [0.2, 0.25) is 0 Å². The number of aryl methyl sites for hydroxylation is 1. The van der Waals surface area contributed by atoms with Gasteiger partial charge in [-0.05, 0) is 42.2 Å². The molecule has 1 aliphatic heterocycles. The van der Waals surface area contributed by atoms with Gasteiger partial charge in [0.25, 0.3) is 5.91 Å². The van der Waals surface area contributed by atoms with Crippen LogP contribution in [0.4, 0.5) is 5.69 Å². The lowest BCUT2D eigenvalue weighted by molar-refractivity contribution is -0.120. The van der Waals surface area contributed by atoms with E-state index in [4.69, 9.17) is 4.42 Å². The summed E-state index contributed by atoms with van der Waals surface area (Å²) in [4.78, 5) is 27.8. The minimum absolute atomic E-state index is 0.101. The van der Waals surface area contributed by atoms with Crippen LogP contribution in [0, 0.1) is 0 Å². The van der Waals surface area contributed by atoms with Crippen molar-refractivity contribution in [2.24, 2.45) is 0 Å². The van der Waals surface area contributed by atoms with E-state index in [9.17, 15) is 9.59 Å². The highest BCUT2D eigenvalue weighted by Gasteiger charge is 2.30. The first-order valence-electron chi connectivity index (χ1n) is 9.50. The minimum atomic E-state index is -0.675. The van der Waals surface area contributed by atoms with Gasteiger partial charge >= 0.3 is 0 Å². The van der Waals surface area contributed by atoms with Crippen molar-refractivity contribution in [3.8, 4) is 0 Å². The number of amides is 2. The van der Waals surface area contributed by atoms with Gasteiger partial charge in [0.1, 0.15) is 6.04 Å². The molecule has 3 aromatic rings. The van der Waals surface area contributed by atoms with Crippen molar-refractivity contribution in [1.82, 2.24) is 5.32 Å². The van der Waals surface area contributed by atoms with E-state index in [1.54, 1.807) is 17.0 Å². The zero-order chi connectivity index (χ0) is 19.3. The Bertz CT molecular complexity index is 951. The monoisotopic (exact) mass is 374 g/mol. The van der Waals surface area contributed by atoms with Gasteiger partial charge in [-0.15, -0.1) is 0 Å². The zero-order valence-corrected chi connectivity index (χ0v) is 15.5. The lowest BCUT2D eigenvalue weighted by Crippen LogP contribution is -2.51. The van der Waals surface area contributed by atoms with E-state index in [0.717, 1.165) is 29.7 Å². The van der Waals surface area contributed by atoms with Crippen LogP contribution in [0.3, 0.4) is 0 Å². The second-order valence-electron chi connectivity index (χ2n) is 6.92. The zero-order valence-electron chi connectivity index (χ0n) is 15.5. The molecule has 28 heavy (non-hydrogen) atoms. The number of carbonyl (C=O) groups is 2. The molecule has 0 radical (unpaired) electrons. The van der Waals surface area contributed by atoms with E-state index in [0.29, 0.717) is 13.0 Å². The predicted molar refractivity (Wildman–Crippen MR) is 107 cm³/mol. The van der Waals surface area contributed by atoms with Crippen LogP contribution in [0.1, 0.15) is 28.1 Å². The molecule has 5 nitrogen and oxygen atoms in total. The van der Waals surface area contributed by atoms with E-state index in [1.807, 2.05) is 48.5 Å². The lowest BCUT2D eigenvalue weighted by Gasteiger charge is -2.32. The number of rotatable bonds is 5. The summed E-state index contributed by atoms with van der Waals surface area (Å²) in [5.41, 5.74) is 3.09. The van der Waals surface area contributed by atoms with Crippen molar-refractivity contribution < 1.29 is 14.0 Å². The maximum atomic E-state index is 13.5. The second kappa shape index (κ2) is 8.13. The molecule has 1 aliphatic rings. The number of nitrogens with one attached hydrogen (secondary N) is 1. The number of hydrogen-bond acceptors (Lipinski definition) is 3. The fourth-order valence-corrected chi connectivity index (χ4v) is 3.64. The highest BCUT2D eigenvalue weighted by atomic mass is 16.3. The lowest BCUT2D eigenvalue weighted by atomic mass is 9.99.